The zero-order valence-corrected chi connectivity index (χ0v) is 19.2. The Balaban J connectivity index is 0.00000261. The summed E-state index contributed by atoms with van der Waals surface area (Å²) in [5, 5.41) is 6.55. The minimum absolute atomic E-state index is 0. The van der Waals surface area contributed by atoms with E-state index in [0.29, 0.717) is 30.7 Å². The predicted molar refractivity (Wildman–Crippen MR) is 120 cm³/mol. The highest BCUT2D eigenvalue weighted by Gasteiger charge is 2.27. The SMILES string of the molecule is CN=C(NCc1ccc(C)cc1OCC1CC1)NCC1CCS(=O)(=O)C1.I. The van der Waals surface area contributed by atoms with Crippen molar-refractivity contribution >= 4 is 39.8 Å². The number of benzene rings is 1. The molecule has 2 N–H and O–H groups in total. The number of ether oxygens (including phenoxy) is 1. The molecule has 2 fully saturated rings. The molecule has 1 unspecified atom stereocenters. The molecule has 27 heavy (non-hydrogen) atoms. The van der Waals surface area contributed by atoms with E-state index in [1.807, 2.05) is 0 Å². The van der Waals surface area contributed by atoms with Gasteiger partial charge in [-0.2, -0.15) is 0 Å². The lowest BCUT2D eigenvalue weighted by Crippen LogP contribution is -2.39. The summed E-state index contributed by atoms with van der Waals surface area (Å²) in [5.41, 5.74) is 2.28. The van der Waals surface area contributed by atoms with Crippen LogP contribution in [-0.2, 0) is 16.4 Å². The molecule has 6 nitrogen and oxygen atoms in total. The number of sulfone groups is 1. The molecule has 1 atom stereocenters. The third-order valence-electron chi connectivity index (χ3n) is 4.95. The largest absolute Gasteiger partial charge is 0.493 e. The summed E-state index contributed by atoms with van der Waals surface area (Å²) in [6, 6.07) is 6.25. The lowest BCUT2D eigenvalue weighted by atomic mass is 10.1. The van der Waals surface area contributed by atoms with Gasteiger partial charge in [-0.05, 0) is 49.7 Å². The van der Waals surface area contributed by atoms with Crippen molar-refractivity contribution in [2.75, 3.05) is 31.7 Å². The van der Waals surface area contributed by atoms with Crippen molar-refractivity contribution in [3.8, 4) is 5.75 Å². The van der Waals surface area contributed by atoms with Crippen LogP contribution < -0.4 is 15.4 Å². The molecule has 0 spiro atoms. The second-order valence-corrected chi connectivity index (χ2v) is 9.67. The normalized spacial score (nSPS) is 21.4. The first kappa shape index (κ1) is 22.3. The lowest BCUT2D eigenvalue weighted by Gasteiger charge is -2.16. The second-order valence-electron chi connectivity index (χ2n) is 7.44. The lowest BCUT2D eigenvalue weighted by molar-refractivity contribution is 0.296. The number of aliphatic imine (C=N–C) groups is 1. The van der Waals surface area contributed by atoms with Crippen molar-refractivity contribution in [3.05, 3.63) is 29.3 Å². The maximum atomic E-state index is 11.6. The molecule has 8 heteroatoms. The fourth-order valence-corrected chi connectivity index (χ4v) is 4.97. The number of halogens is 1. The fourth-order valence-electron chi connectivity index (χ4n) is 3.11. The maximum Gasteiger partial charge on any atom is 0.191 e. The van der Waals surface area contributed by atoms with Crippen molar-refractivity contribution in [2.45, 2.75) is 32.7 Å². The van der Waals surface area contributed by atoms with E-state index in [9.17, 15) is 8.42 Å². The summed E-state index contributed by atoms with van der Waals surface area (Å²) in [5.74, 6) is 3.07. The molecular formula is C19H30IN3O3S. The standard InChI is InChI=1S/C19H29N3O3S.HI/c1-14-3-6-17(18(9-14)25-12-15-4-5-15)11-22-19(20-2)21-10-16-7-8-26(23,24)13-16;/h3,6,9,15-16H,4-5,7-8,10-13H2,1-2H3,(H2,20,21,22);1H. The summed E-state index contributed by atoms with van der Waals surface area (Å²) >= 11 is 0. The van der Waals surface area contributed by atoms with E-state index in [-0.39, 0.29) is 35.6 Å². The van der Waals surface area contributed by atoms with E-state index in [4.69, 9.17) is 4.74 Å². The van der Waals surface area contributed by atoms with Crippen LogP contribution in [0.25, 0.3) is 0 Å². The van der Waals surface area contributed by atoms with Crippen LogP contribution in [-0.4, -0.2) is 46.1 Å². The average molecular weight is 507 g/mol. The number of nitrogens with zero attached hydrogens (tertiary/aromatic N) is 1. The van der Waals surface area contributed by atoms with Gasteiger partial charge in [0.2, 0.25) is 0 Å². The van der Waals surface area contributed by atoms with Gasteiger partial charge in [0, 0.05) is 25.7 Å². The molecule has 152 valence electrons. The first-order valence-electron chi connectivity index (χ1n) is 9.32. The van der Waals surface area contributed by atoms with Crippen LogP contribution in [0, 0.1) is 18.8 Å². The third kappa shape index (κ3) is 7.14. The Bertz CT molecular complexity index is 763. The molecule has 1 aliphatic carbocycles. The van der Waals surface area contributed by atoms with Gasteiger partial charge in [0.1, 0.15) is 5.75 Å². The molecule has 0 bridgehead atoms. The molecular weight excluding hydrogens is 477 g/mol. The minimum atomic E-state index is -2.84. The number of rotatable bonds is 7. The summed E-state index contributed by atoms with van der Waals surface area (Å²) in [7, 11) is -1.12. The Hall–Kier alpha value is -1.03. The van der Waals surface area contributed by atoms with Crippen molar-refractivity contribution < 1.29 is 13.2 Å². The molecule has 1 saturated carbocycles. The summed E-state index contributed by atoms with van der Waals surface area (Å²) in [6.45, 7) is 4.09. The Morgan fingerprint density at radius 2 is 2.00 bits per heavy atom. The van der Waals surface area contributed by atoms with Crippen LogP contribution in [0.3, 0.4) is 0 Å². The van der Waals surface area contributed by atoms with Crippen molar-refractivity contribution in [1.29, 1.82) is 0 Å². The minimum Gasteiger partial charge on any atom is -0.493 e. The van der Waals surface area contributed by atoms with E-state index in [1.165, 1.54) is 18.4 Å². The van der Waals surface area contributed by atoms with E-state index >= 15 is 0 Å². The molecule has 1 aromatic rings. The fraction of sp³-hybridized carbons (Fsp3) is 0.632. The van der Waals surface area contributed by atoms with Crippen LogP contribution in [0.2, 0.25) is 0 Å². The predicted octanol–water partition coefficient (Wildman–Crippen LogP) is 2.50. The summed E-state index contributed by atoms with van der Waals surface area (Å²) < 4.78 is 29.1. The van der Waals surface area contributed by atoms with E-state index in [2.05, 4.69) is 40.7 Å². The molecule has 1 aromatic carbocycles. The third-order valence-corrected chi connectivity index (χ3v) is 6.79. The first-order chi connectivity index (χ1) is 12.4. The van der Waals surface area contributed by atoms with Crippen molar-refractivity contribution in [3.63, 3.8) is 0 Å². The van der Waals surface area contributed by atoms with Crippen LogP contribution >= 0.6 is 24.0 Å². The number of hydrogen-bond donors (Lipinski definition) is 2. The zero-order chi connectivity index (χ0) is 18.6. The quantitative estimate of drug-likeness (QED) is 0.337. The smallest absolute Gasteiger partial charge is 0.191 e. The molecule has 0 amide bonds. The molecule has 0 radical (unpaired) electrons. The molecule has 2 aliphatic rings. The van der Waals surface area contributed by atoms with Gasteiger partial charge in [-0.3, -0.25) is 4.99 Å². The first-order valence-corrected chi connectivity index (χ1v) is 11.1. The topological polar surface area (TPSA) is 79.8 Å². The Morgan fingerprint density at radius 1 is 1.22 bits per heavy atom. The highest BCUT2D eigenvalue weighted by atomic mass is 127. The highest BCUT2D eigenvalue weighted by molar-refractivity contribution is 14.0. The number of hydrogen-bond acceptors (Lipinski definition) is 4. The summed E-state index contributed by atoms with van der Waals surface area (Å²) in [4.78, 5) is 4.24. The van der Waals surface area contributed by atoms with Crippen LogP contribution in [0.1, 0.15) is 30.4 Å². The van der Waals surface area contributed by atoms with Gasteiger partial charge in [0.15, 0.2) is 15.8 Å². The van der Waals surface area contributed by atoms with Crippen molar-refractivity contribution in [2.24, 2.45) is 16.8 Å². The van der Waals surface area contributed by atoms with Gasteiger partial charge in [0.25, 0.3) is 0 Å². The molecule has 1 heterocycles. The Morgan fingerprint density at radius 3 is 2.63 bits per heavy atom. The molecule has 1 saturated heterocycles. The molecule has 3 rings (SSSR count). The van der Waals surface area contributed by atoms with Gasteiger partial charge in [-0.1, -0.05) is 12.1 Å². The monoisotopic (exact) mass is 507 g/mol. The highest BCUT2D eigenvalue weighted by Crippen LogP contribution is 2.30. The molecule has 0 aromatic heterocycles. The number of guanidine groups is 1. The van der Waals surface area contributed by atoms with Crippen LogP contribution in [0.4, 0.5) is 0 Å². The van der Waals surface area contributed by atoms with Gasteiger partial charge in [-0.25, -0.2) is 8.42 Å². The van der Waals surface area contributed by atoms with Gasteiger partial charge >= 0.3 is 0 Å². The van der Waals surface area contributed by atoms with Crippen molar-refractivity contribution in [1.82, 2.24) is 10.6 Å². The van der Waals surface area contributed by atoms with Gasteiger partial charge in [0.05, 0.1) is 18.1 Å². The molecule has 1 aliphatic heterocycles. The van der Waals surface area contributed by atoms with Crippen LogP contribution in [0.5, 0.6) is 5.75 Å². The van der Waals surface area contributed by atoms with Gasteiger partial charge < -0.3 is 15.4 Å². The van der Waals surface area contributed by atoms with E-state index < -0.39 is 9.84 Å². The second kappa shape index (κ2) is 9.95. The Labute approximate surface area is 179 Å². The summed E-state index contributed by atoms with van der Waals surface area (Å²) in [6.07, 6.45) is 3.27. The Kier molecular flexibility index (Phi) is 8.20. The van der Waals surface area contributed by atoms with Crippen LogP contribution in [0.15, 0.2) is 23.2 Å². The number of aryl methyl sites for hydroxylation is 1. The average Bonchev–Trinajstić information content (AvgIpc) is 3.37. The maximum absolute atomic E-state index is 11.6. The van der Waals surface area contributed by atoms with E-state index in [0.717, 1.165) is 24.3 Å². The van der Waals surface area contributed by atoms with E-state index in [1.54, 1.807) is 7.05 Å². The number of nitrogens with one attached hydrogen (secondary N) is 2. The van der Waals surface area contributed by atoms with Gasteiger partial charge in [-0.15, -0.1) is 24.0 Å². The zero-order valence-electron chi connectivity index (χ0n) is 16.0.